The number of nitrogens with one attached hydrogen (secondary N) is 1. The van der Waals surface area contributed by atoms with Crippen LogP contribution in [-0.2, 0) is 16.3 Å². The van der Waals surface area contributed by atoms with Gasteiger partial charge in [-0.15, -0.1) is 0 Å². The van der Waals surface area contributed by atoms with Gasteiger partial charge in [-0.25, -0.2) is 12.8 Å². The first-order chi connectivity index (χ1) is 11.8. The third-order valence-electron chi connectivity index (χ3n) is 4.33. The van der Waals surface area contributed by atoms with Crippen LogP contribution in [0.2, 0.25) is 0 Å². The number of hydrogen-bond donors (Lipinski definition) is 1. The summed E-state index contributed by atoms with van der Waals surface area (Å²) in [7, 11) is -3.11. The topological polar surface area (TPSA) is 76.1 Å². The van der Waals surface area contributed by atoms with Gasteiger partial charge in [-0.2, -0.15) is 0 Å². The maximum absolute atomic E-state index is 13.8. The highest BCUT2D eigenvalue weighted by atomic mass is 32.2. The van der Waals surface area contributed by atoms with E-state index in [0.717, 1.165) is 0 Å². The number of nitrogens with zero attached hydrogens (tertiary/aromatic N) is 1. The Morgan fingerprint density at radius 2 is 2.08 bits per heavy atom. The predicted molar refractivity (Wildman–Crippen MR) is 92.6 cm³/mol. The molecule has 2 aromatic rings. The maximum atomic E-state index is 13.8. The first-order valence-corrected chi connectivity index (χ1v) is 9.79. The Hall–Kier alpha value is -2.28. The molecule has 25 heavy (non-hydrogen) atoms. The molecule has 1 amide bonds. The van der Waals surface area contributed by atoms with Crippen LogP contribution in [0, 0.1) is 5.82 Å². The third kappa shape index (κ3) is 4.22. The van der Waals surface area contributed by atoms with Gasteiger partial charge in [0.05, 0.1) is 22.6 Å². The van der Waals surface area contributed by atoms with Gasteiger partial charge in [0.1, 0.15) is 5.82 Å². The molecule has 1 aromatic carbocycles. The van der Waals surface area contributed by atoms with E-state index in [9.17, 15) is 17.6 Å². The van der Waals surface area contributed by atoms with Crippen molar-refractivity contribution in [1.29, 1.82) is 0 Å². The zero-order valence-corrected chi connectivity index (χ0v) is 14.6. The lowest BCUT2D eigenvalue weighted by molar-refractivity contribution is 0.0915. The summed E-state index contributed by atoms with van der Waals surface area (Å²) in [5.41, 5.74) is 0.800. The molecule has 0 radical (unpaired) electrons. The number of benzene rings is 1. The Morgan fingerprint density at radius 3 is 2.76 bits per heavy atom. The second kappa shape index (κ2) is 6.55. The van der Waals surface area contributed by atoms with Crippen LogP contribution in [0.4, 0.5) is 4.39 Å². The fraction of sp³-hybridized carbons (Fsp3) is 0.333. The van der Waals surface area contributed by atoms with Crippen molar-refractivity contribution in [3.8, 4) is 0 Å². The Kier molecular flexibility index (Phi) is 4.60. The maximum Gasteiger partial charge on any atom is 0.253 e. The summed E-state index contributed by atoms with van der Waals surface area (Å²) >= 11 is 0. The van der Waals surface area contributed by atoms with E-state index in [2.05, 4.69) is 10.3 Å². The lowest BCUT2D eigenvalue weighted by Crippen LogP contribution is -2.46. The zero-order valence-electron chi connectivity index (χ0n) is 13.8. The average molecular weight is 362 g/mol. The second-order valence-electron chi connectivity index (χ2n) is 6.71. The lowest BCUT2D eigenvalue weighted by atomic mass is 10.0. The number of halogens is 1. The highest BCUT2D eigenvalue weighted by Crippen LogP contribution is 2.23. The summed E-state index contributed by atoms with van der Waals surface area (Å²) in [5, 5.41) is 2.80. The zero-order chi connectivity index (χ0) is 18.1. The van der Waals surface area contributed by atoms with Crippen LogP contribution in [0.15, 0.2) is 42.7 Å². The molecule has 132 valence electrons. The average Bonchev–Trinajstić information content (AvgIpc) is 2.83. The predicted octanol–water partition coefficient (Wildman–Crippen LogP) is 2.12. The first-order valence-electron chi connectivity index (χ1n) is 7.97. The second-order valence-corrected chi connectivity index (χ2v) is 8.89. The van der Waals surface area contributed by atoms with Crippen molar-refractivity contribution >= 4 is 15.7 Å². The minimum atomic E-state index is -3.11. The minimum absolute atomic E-state index is 0.0614. The Balaban J connectivity index is 1.75. The Bertz CT molecular complexity index is 914. The molecule has 3 rings (SSSR count). The highest BCUT2D eigenvalue weighted by molar-refractivity contribution is 7.91. The smallest absolute Gasteiger partial charge is 0.253 e. The molecule has 0 spiro atoms. The van der Waals surface area contributed by atoms with Crippen molar-refractivity contribution < 1.29 is 17.6 Å². The third-order valence-corrected chi connectivity index (χ3v) is 6.23. The standard InChI is InChI=1S/C18H19FN2O3S/c1-18(6-7-25(23,24)12-18)21-17(22)15-9-13(10-20-11-15)8-14-4-2-3-5-16(14)19/h2-5,9-11H,6-8,12H2,1H3,(H,21,22). The van der Waals surface area contributed by atoms with E-state index in [1.54, 1.807) is 37.4 Å². The van der Waals surface area contributed by atoms with Crippen molar-refractivity contribution in [3.05, 3.63) is 65.2 Å². The summed E-state index contributed by atoms with van der Waals surface area (Å²) in [6.07, 6.45) is 3.73. The van der Waals surface area contributed by atoms with Crippen molar-refractivity contribution in [2.45, 2.75) is 25.3 Å². The van der Waals surface area contributed by atoms with Crippen LogP contribution < -0.4 is 5.32 Å². The number of sulfone groups is 1. The van der Waals surface area contributed by atoms with Crippen LogP contribution in [0.3, 0.4) is 0 Å². The number of carbonyl (C=O) groups is 1. The number of hydrogen-bond acceptors (Lipinski definition) is 4. The molecule has 1 aromatic heterocycles. The summed E-state index contributed by atoms with van der Waals surface area (Å²) in [4.78, 5) is 16.5. The minimum Gasteiger partial charge on any atom is -0.346 e. The fourth-order valence-electron chi connectivity index (χ4n) is 3.03. The number of carbonyl (C=O) groups excluding carboxylic acids is 1. The molecule has 1 aliphatic heterocycles. The first kappa shape index (κ1) is 17.5. The van der Waals surface area contributed by atoms with Crippen LogP contribution in [-0.4, -0.2) is 36.4 Å². The SMILES string of the molecule is CC1(NC(=O)c2cncc(Cc3ccccc3F)c2)CCS(=O)(=O)C1. The number of rotatable bonds is 4. The molecule has 5 nitrogen and oxygen atoms in total. The Morgan fingerprint density at radius 1 is 1.32 bits per heavy atom. The molecule has 1 fully saturated rings. The van der Waals surface area contributed by atoms with Gasteiger partial charge in [-0.3, -0.25) is 9.78 Å². The molecule has 0 bridgehead atoms. The molecular formula is C18H19FN2O3S. The molecule has 1 saturated heterocycles. The van der Waals surface area contributed by atoms with Crippen molar-refractivity contribution in [1.82, 2.24) is 10.3 Å². The molecule has 1 unspecified atom stereocenters. The summed E-state index contributed by atoms with van der Waals surface area (Å²) in [6, 6.07) is 8.11. The van der Waals surface area contributed by atoms with Gasteiger partial charge in [0.15, 0.2) is 9.84 Å². The molecular weight excluding hydrogens is 343 g/mol. The van der Waals surface area contributed by atoms with E-state index < -0.39 is 15.4 Å². The molecule has 0 saturated carbocycles. The molecule has 0 aliphatic carbocycles. The van der Waals surface area contributed by atoms with Crippen molar-refractivity contribution in [2.75, 3.05) is 11.5 Å². The van der Waals surface area contributed by atoms with E-state index in [4.69, 9.17) is 0 Å². The number of aromatic nitrogens is 1. The quantitative estimate of drug-likeness (QED) is 0.904. The summed E-state index contributed by atoms with van der Waals surface area (Å²) < 4.78 is 37.1. The van der Waals surface area contributed by atoms with E-state index in [-0.39, 0.29) is 23.2 Å². The van der Waals surface area contributed by atoms with E-state index in [1.165, 1.54) is 12.3 Å². The molecule has 1 aliphatic rings. The van der Waals surface area contributed by atoms with Gasteiger partial charge in [-0.05, 0) is 36.6 Å². The van der Waals surface area contributed by atoms with E-state index in [0.29, 0.717) is 29.5 Å². The van der Waals surface area contributed by atoms with Gasteiger partial charge in [0.2, 0.25) is 0 Å². The van der Waals surface area contributed by atoms with Crippen molar-refractivity contribution in [2.24, 2.45) is 0 Å². The Labute approximate surface area is 146 Å². The molecule has 7 heteroatoms. The lowest BCUT2D eigenvalue weighted by Gasteiger charge is -2.23. The van der Waals surface area contributed by atoms with Gasteiger partial charge < -0.3 is 5.32 Å². The molecule has 1 N–H and O–H groups in total. The van der Waals surface area contributed by atoms with Gasteiger partial charge in [0.25, 0.3) is 5.91 Å². The normalized spacial score (nSPS) is 21.8. The van der Waals surface area contributed by atoms with E-state index in [1.807, 2.05) is 0 Å². The largest absolute Gasteiger partial charge is 0.346 e. The van der Waals surface area contributed by atoms with Crippen LogP contribution in [0.5, 0.6) is 0 Å². The highest BCUT2D eigenvalue weighted by Gasteiger charge is 2.39. The van der Waals surface area contributed by atoms with Crippen LogP contribution in [0.25, 0.3) is 0 Å². The number of pyridine rings is 1. The summed E-state index contributed by atoms with van der Waals surface area (Å²) in [6.45, 7) is 1.73. The number of amides is 1. The van der Waals surface area contributed by atoms with Gasteiger partial charge in [0, 0.05) is 18.8 Å². The van der Waals surface area contributed by atoms with E-state index >= 15 is 0 Å². The fourth-order valence-corrected chi connectivity index (χ4v) is 5.12. The van der Waals surface area contributed by atoms with Crippen LogP contribution in [0.1, 0.15) is 34.8 Å². The van der Waals surface area contributed by atoms with Gasteiger partial charge >= 0.3 is 0 Å². The molecule has 1 atom stereocenters. The van der Waals surface area contributed by atoms with Crippen LogP contribution >= 0.6 is 0 Å². The summed E-state index contributed by atoms with van der Waals surface area (Å²) in [5.74, 6) is -0.660. The molecule has 2 heterocycles. The van der Waals surface area contributed by atoms with Crippen molar-refractivity contribution in [3.63, 3.8) is 0 Å². The monoisotopic (exact) mass is 362 g/mol. The van der Waals surface area contributed by atoms with Gasteiger partial charge in [-0.1, -0.05) is 18.2 Å².